The predicted molar refractivity (Wildman–Crippen MR) is 111 cm³/mol. The Morgan fingerprint density at radius 1 is 1.00 bits per heavy atom. The highest BCUT2D eigenvalue weighted by molar-refractivity contribution is 7.99. The summed E-state index contributed by atoms with van der Waals surface area (Å²) in [6.07, 6.45) is 0. The van der Waals surface area contributed by atoms with E-state index in [9.17, 15) is 4.79 Å². The molecule has 0 N–H and O–H groups in total. The van der Waals surface area contributed by atoms with E-state index in [0.29, 0.717) is 21.5 Å². The van der Waals surface area contributed by atoms with Crippen molar-refractivity contribution in [2.45, 2.75) is 5.16 Å². The first-order chi connectivity index (χ1) is 13.2. The standard InChI is InChI=1S/C20H14ClN3OS2/c21-15-8-10-16(11-9-15)24-19(18-7-4-12-26-18)22-23-20(24)27-13-17(25)14-5-2-1-3-6-14/h1-12H,13H2. The summed E-state index contributed by atoms with van der Waals surface area (Å²) < 4.78 is 1.96. The van der Waals surface area contributed by atoms with Crippen molar-refractivity contribution in [3.05, 3.63) is 82.7 Å². The molecule has 0 bridgehead atoms. The quantitative estimate of drug-likeness (QED) is 0.305. The number of rotatable bonds is 6. The maximum Gasteiger partial charge on any atom is 0.196 e. The molecule has 2 heterocycles. The molecule has 0 radical (unpaired) electrons. The topological polar surface area (TPSA) is 47.8 Å². The van der Waals surface area contributed by atoms with Crippen LogP contribution >= 0.6 is 34.7 Å². The first kappa shape index (κ1) is 18.0. The van der Waals surface area contributed by atoms with Gasteiger partial charge >= 0.3 is 0 Å². The zero-order valence-corrected chi connectivity index (χ0v) is 16.5. The summed E-state index contributed by atoms with van der Waals surface area (Å²) in [5.41, 5.74) is 1.60. The summed E-state index contributed by atoms with van der Waals surface area (Å²) >= 11 is 9.01. The summed E-state index contributed by atoms with van der Waals surface area (Å²) in [5, 5.41) is 12.0. The summed E-state index contributed by atoms with van der Waals surface area (Å²) in [5.74, 6) is 1.10. The fourth-order valence-electron chi connectivity index (χ4n) is 2.59. The third-order valence-electron chi connectivity index (χ3n) is 3.89. The fraction of sp³-hybridized carbons (Fsp3) is 0.0500. The van der Waals surface area contributed by atoms with Gasteiger partial charge in [-0.2, -0.15) is 0 Å². The van der Waals surface area contributed by atoms with Crippen molar-refractivity contribution in [1.29, 1.82) is 0 Å². The molecule has 0 fully saturated rings. The van der Waals surface area contributed by atoms with Crippen molar-refractivity contribution in [1.82, 2.24) is 14.8 Å². The first-order valence-electron chi connectivity index (χ1n) is 8.18. The summed E-state index contributed by atoms with van der Waals surface area (Å²) in [4.78, 5) is 13.5. The summed E-state index contributed by atoms with van der Waals surface area (Å²) in [7, 11) is 0. The molecule has 2 aromatic carbocycles. The molecule has 0 aliphatic heterocycles. The molecule has 4 rings (SSSR count). The Balaban J connectivity index is 1.66. The molecule has 0 unspecified atom stereocenters. The number of nitrogens with zero attached hydrogens (tertiary/aromatic N) is 3. The molecular formula is C20H14ClN3OS2. The average molecular weight is 412 g/mol. The highest BCUT2D eigenvalue weighted by atomic mass is 35.5. The van der Waals surface area contributed by atoms with Crippen molar-refractivity contribution >= 4 is 40.5 Å². The molecule has 7 heteroatoms. The van der Waals surface area contributed by atoms with Crippen LogP contribution in [-0.2, 0) is 0 Å². The Morgan fingerprint density at radius 2 is 1.78 bits per heavy atom. The number of aromatic nitrogens is 3. The van der Waals surface area contributed by atoms with Gasteiger partial charge in [0.2, 0.25) is 0 Å². The zero-order valence-electron chi connectivity index (χ0n) is 14.1. The van der Waals surface area contributed by atoms with E-state index in [1.807, 2.05) is 76.7 Å². The van der Waals surface area contributed by atoms with E-state index >= 15 is 0 Å². The molecule has 0 saturated heterocycles. The molecule has 0 aliphatic rings. The van der Waals surface area contributed by atoms with Gasteiger partial charge in [-0.15, -0.1) is 21.5 Å². The van der Waals surface area contributed by atoms with Crippen LogP contribution in [0.5, 0.6) is 0 Å². The van der Waals surface area contributed by atoms with Crippen molar-refractivity contribution < 1.29 is 4.79 Å². The second-order valence-corrected chi connectivity index (χ2v) is 8.00. The highest BCUT2D eigenvalue weighted by Gasteiger charge is 2.18. The number of ketones is 1. The fourth-order valence-corrected chi connectivity index (χ4v) is 4.26. The van der Waals surface area contributed by atoms with Gasteiger partial charge in [0.25, 0.3) is 0 Å². The van der Waals surface area contributed by atoms with Gasteiger partial charge in [-0.3, -0.25) is 9.36 Å². The number of thioether (sulfide) groups is 1. The number of hydrogen-bond acceptors (Lipinski definition) is 5. The Kier molecular flexibility index (Phi) is 5.38. The molecule has 0 spiro atoms. The van der Waals surface area contributed by atoms with Gasteiger partial charge < -0.3 is 0 Å². The molecule has 0 saturated carbocycles. The minimum absolute atomic E-state index is 0.0592. The maximum absolute atomic E-state index is 12.5. The first-order valence-corrected chi connectivity index (χ1v) is 10.4. The largest absolute Gasteiger partial charge is 0.293 e. The molecule has 2 aromatic heterocycles. The van der Waals surface area contributed by atoms with Crippen LogP contribution < -0.4 is 0 Å². The number of Topliss-reactive ketones (excluding diaryl/α,β-unsaturated/α-hetero) is 1. The van der Waals surface area contributed by atoms with Gasteiger partial charge in [-0.1, -0.05) is 59.8 Å². The van der Waals surface area contributed by atoms with Crippen LogP contribution in [0.3, 0.4) is 0 Å². The average Bonchev–Trinajstić information content (AvgIpc) is 3.37. The Bertz CT molecular complexity index is 1040. The molecule has 4 aromatic rings. The lowest BCUT2D eigenvalue weighted by Crippen LogP contribution is -2.04. The molecule has 0 aliphatic carbocycles. The van der Waals surface area contributed by atoms with Crippen LogP contribution in [0, 0.1) is 0 Å². The number of thiophene rings is 1. The monoisotopic (exact) mass is 411 g/mol. The number of benzene rings is 2. The van der Waals surface area contributed by atoms with E-state index in [-0.39, 0.29) is 5.78 Å². The minimum atomic E-state index is 0.0592. The number of hydrogen-bond donors (Lipinski definition) is 0. The third-order valence-corrected chi connectivity index (χ3v) is 5.93. The van der Waals surface area contributed by atoms with Crippen LogP contribution in [0.15, 0.2) is 77.3 Å². The van der Waals surface area contributed by atoms with Crippen LogP contribution in [0.25, 0.3) is 16.4 Å². The SMILES string of the molecule is O=C(CSc1nnc(-c2cccs2)n1-c1ccc(Cl)cc1)c1ccccc1. The maximum atomic E-state index is 12.5. The van der Waals surface area contributed by atoms with Crippen molar-refractivity contribution in [3.8, 4) is 16.4 Å². The second-order valence-electron chi connectivity index (χ2n) is 5.67. The summed E-state index contributed by atoms with van der Waals surface area (Å²) in [6, 6.07) is 20.8. The molecule has 4 nitrogen and oxygen atoms in total. The van der Waals surface area contributed by atoms with E-state index < -0.39 is 0 Å². The third kappa shape index (κ3) is 3.98. The van der Waals surface area contributed by atoms with Crippen LogP contribution in [-0.4, -0.2) is 26.3 Å². The number of halogens is 1. The number of carbonyl (C=O) groups excluding carboxylic acids is 1. The normalized spacial score (nSPS) is 10.9. The van der Waals surface area contributed by atoms with Crippen molar-refractivity contribution in [2.24, 2.45) is 0 Å². The Hall–Kier alpha value is -2.41. The minimum Gasteiger partial charge on any atom is -0.293 e. The number of carbonyl (C=O) groups is 1. The Labute approximate surface area is 169 Å². The smallest absolute Gasteiger partial charge is 0.196 e. The van der Waals surface area contributed by atoms with E-state index in [1.54, 1.807) is 11.3 Å². The van der Waals surface area contributed by atoms with E-state index in [4.69, 9.17) is 11.6 Å². The van der Waals surface area contributed by atoms with E-state index in [1.165, 1.54) is 11.8 Å². The zero-order chi connectivity index (χ0) is 18.6. The summed E-state index contributed by atoms with van der Waals surface area (Å²) in [6.45, 7) is 0. The van der Waals surface area contributed by atoms with Gasteiger partial charge in [0.15, 0.2) is 16.8 Å². The van der Waals surface area contributed by atoms with Crippen LogP contribution in [0.4, 0.5) is 0 Å². The highest BCUT2D eigenvalue weighted by Crippen LogP contribution is 2.31. The van der Waals surface area contributed by atoms with E-state index in [2.05, 4.69) is 10.2 Å². The van der Waals surface area contributed by atoms with Crippen molar-refractivity contribution in [2.75, 3.05) is 5.75 Å². The van der Waals surface area contributed by atoms with Gasteiger partial charge in [0.1, 0.15) is 0 Å². The van der Waals surface area contributed by atoms with Crippen LogP contribution in [0.2, 0.25) is 5.02 Å². The van der Waals surface area contributed by atoms with E-state index in [0.717, 1.165) is 16.4 Å². The molecule has 134 valence electrons. The lowest BCUT2D eigenvalue weighted by Gasteiger charge is -2.09. The predicted octanol–water partition coefficient (Wildman–Crippen LogP) is 5.62. The second kappa shape index (κ2) is 8.08. The van der Waals surface area contributed by atoms with Gasteiger partial charge in [-0.05, 0) is 35.7 Å². The van der Waals surface area contributed by atoms with Gasteiger partial charge in [-0.25, -0.2) is 0 Å². The van der Waals surface area contributed by atoms with Crippen LogP contribution in [0.1, 0.15) is 10.4 Å². The molecular weight excluding hydrogens is 398 g/mol. The molecule has 27 heavy (non-hydrogen) atoms. The van der Waals surface area contributed by atoms with Gasteiger partial charge in [0.05, 0.1) is 10.6 Å². The molecule has 0 amide bonds. The molecule has 0 atom stereocenters. The lowest BCUT2D eigenvalue weighted by molar-refractivity contribution is 0.102. The Morgan fingerprint density at radius 3 is 2.48 bits per heavy atom. The van der Waals surface area contributed by atoms with Crippen molar-refractivity contribution in [3.63, 3.8) is 0 Å². The van der Waals surface area contributed by atoms with Gasteiger partial charge in [0, 0.05) is 16.3 Å². The lowest BCUT2D eigenvalue weighted by atomic mass is 10.2.